The zero-order chi connectivity index (χ0) is 27.6. The van der Waals surface area contributed by atoms with Gasteiger partial charge >= 0.3 is 5.97 Å². The van der Waals surface area contributed by atoms with Crippen molar-refractivity contribution in [1.82, 2.24) is 10.2 Å². The molecule has 1 aromatic rings. The molecule has 38 heavy (non-hydrogen) atoms. The lowest BCUT2D eigenvalue weighted by atomic mass is 9.73. The number of aryl methyl sites for hydroxylation is 1. The molecule has 2 heterocycles. The Kier molecular flexibility index (Phi) is 8.88. The van der Waals surface area contributed by atoms with Crippen molar-refractivity contribution in [1.29, 1.82) is 0 Å². The number of hydrogen-bond donors (Lipinski definition) is 3. The number of carboxylic acid groups (broad SMARTS) is 1. The van der Waals surface area contributed by atoms with Gasteiger partial charge in [-0.15, -0.1) is 11.8 Å². The first-order valence-electron chi connectivity index (χ1n) is 13.2. The molecule has 4 rings (SSSR count). The van der Waals surface area contributed by atoms with Crippen LogP contribution < -0.4 is 10.1 Å². The molecular weight excluding hydrogens is 520 g/mol. The van der Waals surface area contributed by atoms with Gasteiger partial charge in [-0.25, -0.2) is 4.79 Å². The Balaban J connectivity index is 1.60. The van der Waals surface area contributed by atoms with Gasteiger partial charge in [0, 0.05) is 16.4 Å². The highest BCUT2D eigenvalue weighted by Crippen LogP contribution is 2.48. The highest BCUT2D eigenvalue weighted by Gasteiger charge is 2.48. The third-order valence-electron chi connectivity index (χ3n) is 7.45. The molecule has 0 bridgehead atoms. The van der Waals surface area contributed by atoms with Gasteiger partial charge in [0.05, 0.1) is 18.3 Å². The van der Waals surface area contributed by atoms with E-state index in [0.717, 1.165) is 49.7 Å². The molecule has 1 amide bonds. The van der Waals surface area contributed by atoms with E-state index in [1.54, 1.807) is 0 Å². The van der Waals surface area contributed by atoms with Crippen LogP contribution in [0.4, 0.5) is 0 Å². The Hall–Kier alpha value is -2.78. The number of carbonyl (C=O) groups excluding carboxylic acids is 1. The fourth-order valence-corrected chi connectivity index (χ4v) is 6.95. The first kappa shape index (κ1) is 28.2. The maximum atomic E-state index is 11.9. The number of carboxylic acids is 1. The van der Waals surface area contributed by atoms with Crippen LogP contribution >= 0.6 is 24.0 Å². The molecule has 204 valence electrons. The monoisotopic (exact) mass is 556 g/mol. The van der Waals surface area contributed by atoms with E-state index in [-0.39, 0.29) is 46.3 Å². The lowest BCUT2D eigenvalue weighted by molar-refractivity contribution is -0.145. The summed E-state index contributed by atoms with van der Waals surface area (Å²) in [6.07, 6.45) is 8.48. The summed E-state index contributed by atoms with van der Waals surface area (Å²) >= 11 is 6.89. The highest BCUT2D eigenvalue weighted by atomic mass is 32.2. The fourth-order valence-electron chi connectivity index (χ4n) is 5.46. The number of β-lactam (4-membered cyclic amide) rings is 1. The van der Waals surface area contributed by atoms with Gasteiger partial charge in [-0.2, -0.15) is 0 Å². The second-order valence-corrected chi connectivity index (χ2v) is 12.0. The van der Waals surface area contributed by atoms with E-state index in [2.05, 4.69) is 31.8 Å². The number of aromatic hydroxyl groups is 1. The molecule has 1 aliphatic carbocycles. The first-order chi connectivity index (χ1) is 18.1. The SMILES string of the molecule is C=C(C)[C@@H]1CCC(C)=C[C@H]1c1c(O)cc(CCCCC)cc1OC(=S)NCC1=C(C(=O)O)N2C(=O)CC2S1. The van der Waals surface area contributed by atoms with Gasteiger partial charge in [0.1, 0.15) is 17.2 Å². The number of hydrogen-bond acceptors (Lipinski definition) is 6. The summed E-state index contributed by atoms with van der Waals surface area (Å²) in [5.74, 6) is -0.555. The first-order valence-corrected chi connectivity index (χ1v) is 14.5. The van der Waals surface area contributed by atoms with Crippen LogP contribution in [0.25, 0.3) is 0 Å². The topological polar surface area (TPSA) is 99.1 Å². The second kappa shape index (κ2) is 11.9. The number of thioether (sulfide) groups is 1. The van der Waals surface area contributed by atoms with Gasteiger partial charge in [-0.3, -0.25) is 9.69 Å². The molecule has 7 nitrogen and oxygen atoms in total. The van der Waals surface area contributed by atoms with Crippen LogP contribution in [0.1, 0.15) is 76.3 Å². The molecule has 1 unspecified atom stereocenters. The molecule has 9 heteroatoms. The van der Waals surface area contributed by atoms with Crippen molar-refractivity contribution in [3.8, 4) is 11.5 Å². The van der Waals surface area contributed by atoms with Crippen molar-refractivity contribution in [2.75, 3.05) is 6.54 Å². The zero-order valence-corrected chi connectivity index (χ0v) is 23.8. The van der Waals surface area contributed by atoms with Crippen molar-refractivity contribution in [2.45, 2.75) is 77.0 Å². The average molecular weight is 557 g/mol. The minimum atomic E-state index is -1.13. The lowest BCUT2D eigenvalue weighted by Gasteiger charge is -2.33. The van der Waals surface area contributed by atoms with Gasteiger partial charge in [0.2, 0.25) is 5.91 Å². The van der Waals surface area contributed by atoms with Crippen molar-refractivity contribution in [2.24, 2.45) is 5.92 Å². The van der Waals surface area contributed by atoms with E-state index >= 15 is 0 Å². The average Bonchev–Trinajstić information content (AvgIpc) is 3.15. The van der Waals surface area contributed by atoms with E-state index < -0.39 is 5.97 Å². The number of carbonyl (C=O) groups is 2. The number of nitrogens with zero attached hydrogens (tertiary/aromatic N) is 1. The number of benzene rings is 1. The quantitative estimate of drug-likeness (QED) is 0.140. The van der Waals surface area contributed by atoms with Crippen LogP contribution in [-0.2, 0) is 16.0 Å². The van der Waals surface area contributed by atoms with E-state index in [1.807, 2.05) is 19.1 Å². The van der Waals surface area contributed by atoms with Crippen molar-refractivity contribution < 1.29 is 24.5 Å². The summed E-state index contributed by atoms with van der Waals surface area (Å²) in [5.41, 5.74) is 4.00. The molecule has 2 aliphatic heterocycles. The van der Waals surface area contributed by atoms with Crippen molar-refractivity contribution in [3.63, 3.8) is 0 Å². The number of amides is 1. The Morgan fingerprint density at radius 2 is 2.11 bits per heavy atom. The third kappa shape index (κ3) is 5.94. The number of phenolic OH excluding ortho intramolecular Hbond substituents is 1. The van der Waals surface area contributed by atoms with Crippen LogP contribution in [-0.4, -0.2) is 44.1 Å². The number of nitrogens with one attached hydrogen (secondary N) is 1. The largest absolute Gasteiger partial charge is 0.507 e. The molecule has 0 saturated carbocycles. The minimum absolute atomic E-state index is 0.00919. The molecule has 3 atom stereocenters. The Labute approximate surface area is 234 Å². The van der Waals surface area contributed by atoms with Gasteiger partial charge in [-0.1, -0.05) is 43.6 Å². The zero-order valence-electron chi connectivity index (χ0n) is 22.2. The maximum Gasteiger partial charge on any atom is 0.353 e. The highest BCUT2D eigenvalue weighted by molar-refractivity contribution is 8.04. The molecule has 1 saturated heterocycles. The van der Waals surface area contributed by atoms with E-state index in [1.165, 1.54) is 22.2 Å². The Morgan fingerprint density at radius 1 is 1.34 bits per heavy atom. The van der Waals surface area contributed by atoms with Crippen LogP contribution in [0.2, 0.25) is 0 Å². The predicted molar refractivity (Wildman–Crippen MR) is 154 cm³/mol. The molecule has 3 aliphatic rings. The number of ether oxygens (including phenoxy) is 1. The molecule has 0 radical (unpaired) electrons. The summed E-state index contributed by atoms with van der Waals surface area (Å²) in [6.45, 7) is 10.6. The molecule has 1 aromatic carbocycles. The Morgan fingerprint density at radius 3 is 2.76 bits per heavy atom. The standard InChI is InChI=1S/C29H36N2O5S2/c1-5-6-7-8-18-12-21(32)26(20-11-17(4)9-10-19(20)16(2)3)22(13-18)36-29(37)30-15-23-27(28(34)35)31-24(33)14-25(31)38-23/h11-13,19-20,25,32H,2,5-10,14-15H2,1,3-4H3,(H,30,37)(H,34,35)/t19-,20+,25?/m0/s1. The summed E-state index contributed by atoms with van der Waals surface area (Å²) in [6, 6.07) is 3.80. The number of rotatable bonds is 10. The van der Waals surface area contributed by atoms with E-state index in [0.29, 0.717) is 22.6 Å². The minimum Gasteiger partial charge on any atom is -0.507 e. The molecule has 1 fully saturated rings. The number of thiocarbonyl (C=S) groups is 1. The summed E-state index contributed by atoms with van der Waals surface area (Å²) in [4.78, 5) is 25.6. The van der Waals surface area contributed by atoms with E-state index in [9.17, 15) is 19.8 Å². The maximum absolute atomic E-state index is 11.9. The van der Waals surface area contributed by atoms with Crippen LogP contribution in [0.5, 0.6) is 11.5 Å². The van der Waals surface area contributed by atoms with Crippen molar-refractivity contribution >= 4 is 41.0 Å². The smallest absolute Gasteiger partial charge is 0.353 e. The summed E-state index contributed by atoms with van der Waals surface area (Å²) < 4.78 is 6.18. The van der Waals surface area contributed by atoms with Crippen LogP contribution in [0.15, 0.2) is 46.5 Å². The van der Waals surface area contributed by atoms with Crippen LogP contribution in [0.3, 0.4) is 0 Å². The molecule has 0 aromatic heterocycles. The predicted octanol–water partition coefficient (Wildman–Crippen LogP) is 6.00. The number of allylic oxidation sites excluding steroid dienone is 3. The number of aliphatic carboxylic acids is 1. The van der Waals surface area contributed by atoms with Crippen LogP contribution in [0, 0.1) is 5.92 Å². The van der Waals surface area contributed by atoms with E-state index in [4.69, 9.17) is 17.0 Å². The molecule has 3 N–H and O–H groups in total. The molecule has 0 spiro atoms. The van der Waals surface area contributed by atoms with Gasteiger partial charge < -0.3 is 20.3 Å². The van der Waals surface area contributed by atoms with Gasteiger partial charge in [0.15, 0.2) is 0 Å². The fraction of sp³-hybridized carbons (Fsp3) is 0.483. The second-order valence-electron chi connectivity index (χ2n) is 10.4. The Bertz CT molecular complexity index is 1220. The number of unbranched alkanes of at least 4 members (excludes halogenated alkanes) is 2. The normalized spacial score (nSPS) is 22.5. The lowest BCUT2D eigenvalue weighted by Crippen LogP contribution is -2.48. The molecular formula is C29H36N2O5S2. The van der Waals surface area contributed by atoms with Gasteiger partial charge in [-0.05, 0) is 75.4 Å². The number of phenols is 1. The van der Waals surface area contributed by atoms with Gasteiger partial charge in [0.25, 0.3) is 5.17 Å². The van der Waals surface area contributed by atoms with Crippen molar-refractivity contribution in [3.05, 3.63) is 57.7 Å². The third-order valence-corrected chi connectivity index (χ3v) is 8.95. The number of fused-ring (bicyclic) bond motifs is 1. The summed E-state index contributed by atoms with van der Waals surface area (Å²) in [5, 5.41) is 23.8. The summed E-state index contributed by atoms with van der Waals surface area (Å²) in [7, 11) is 0.